The van der Waals surface area contributed by atoms with Gasteiger partial charge in [0.15, 0.2) is 0 Å². The molecule has 0 saturated heterocycles. The largest absolute Gasteiger partial charge is 0.490 e. The molecule has 39 heavy (non-hydrogen) atoms. The first-order chi connectivity index (χ1) is 18.0. The number of halogens is 6. The van der Waals surface area contributed by atoms with Crippen LogP contribution in [0.5, 0.6) is 0 Å². The monoisotopic (exact) mass is 571 g/mol. The lowest BCUT2D eigenvalue weighted by Gasteiger charge is -2.24. The minimum atomic E-state index is -5.08. The summed E-state index contributed by atoms with van der Waals surface area (Å²) in [5.41, 5.74) is 2.40. The number of ether oxygens (including phenoxy) is 1. The number of fused-ring (bicyclic) bond motifs is 1. The summed E-state index contributed by atoms with van der Waals surface area (Å²) in [5.74, 6) is -5.22. The third-order valence-corrected chi connectivity index (χ3v) is 4.85. The Bertz CT molecular complexity index is 1040. The molecular formula is C22H27F6N5O6. The molecule has 11 nitrogen and oxygen atoms in total. The molecule has 3 heterocycles. The molecule has 0 bridgehead atoms. The molecule has 1 aliphatic rings. The fraction of sp³-hybridized carbons (Fsp3) is 0.500. The van der Waals surface area contributed by atoms with E-state index in [1.165, 1.54) is 11.3 Å². The zero-order chi connectivity index (χ0) is 29.8. The van der Waals surface area contributed by atoms with Gasteiger partial charge in [-0.3, -0.25) is 14.7 Å². The Morgan fingerprint density at radius 1 is 1.03 bits per heavy atom. The molecule has 0 radical (unpaired) electrons. The number of carboxylic acid groups (broad SMARTS) is 2. The second-order valence-electron chi connectivity index (χ2n) is 8.34. The highest BCUT2D eigenvalue weighted by Gasteiger charge is 2.38. The number of imidazole rings is 1. The van der Waals surface area contributed by atoms with E-state index in [0.29, 0.717) is 12.5 Å². The van der Waals surface area contributed by atoms with Crippen LogP contribution in [0.4, 0.5) is 26.3 Å². The van der Waals surface area contributed by atoms with Gasteiger partial charge in [-0.15, -0.1) is 0 Å². The zero-order valence-electron chi connectivity index (χ0n) is 20.8. The van der Waals surface area contributed by atoms with Crippen molar-refractivity contribution >= 4 is 17.8 Å². The normalized spacial score (nSPS) is 15.4. The predicted molar refractivity (Wildman–Crippen MR) is 121 cm³/mol. The van der Waals surface area contributed by atoms with Crippen molar-refractivity contribution < 1.29 is 55.7 Å². The number of aromatic nitrogens is 3. The Morgan fingerprint density at radius 2 is 1.62 bits per heavy atom. The number of alkyl halides is 6. The van der Waals surface area contributed by atoms with Gasteiger partial charge in [-0.25, -0.2) is 14.6 Å². The molecule has 0 fully saturated rings. The third kappa shape index (κ3) is 13.1. The van der Waals surface area contributed by atoms with Crippen molar-refractivity contribution in [3.8, 4) is 0 Å². The van der Waals surface area contributed by atoms with Crippen LogP contribution in [0.3, 0.4) is 0 Å². The van der Waals surface area contributed by atoms with Gasteiger partial charge in [-0.05, 0) is 11.6 Å². The van der Waals surface area contributed by atoms with E-state index in [4.69, 9.17) is 24.5 Å². The number of rotatable bonds is 6. The molecule has 2 N–H and O–H groups in total. The quantitative estimate of drug-likeness (QED) is 0.500. The maximum atomic E-state index is 11.7. The number of carbonyl (C=O) groups excluding carboxylic acids is 1. The molecule has 0 saturated carbocycles. The second kappa shape index (κ2) is 15.0. The van der Waals surface area contributed by atoms with Gasteiger partial charge in [0.25, 0.3) is 0 Å². The number of carbonyl (C=O) groups is 3. The number of carboxylic acids is 2. The van der Waals surface area contributed by atoms with E-state index in [1.807, 2.05) is 24.8 Å². The van der Waals surface area contributed by atoms with Crippen LogP contribution in [0.2, 0.25) is 0 Å². The number of aliphatic carboxylic acids is 2. The highest BCUT2D eigenvalue weighted by Crippen LogP contribution is 2.19. The van der Waals surface area contributed by atoms with Crippen molar-refractivity contribution in [2.45, 2.75) is 32.0 Å². The third-order valence-electron chi connectivity index (χ3n) is 4.85. The summed E-state index contributed by atoms with van der Waals surface area (Å²) in [4.78, 5) is 41.9. The summed E-state index contributed by atoms with van der Waals surface area (Å²) >= 11 is 0. The van der Waals surface area contributed by atoms with E-state index in [-0.39, 0.29) is 12.5 Å². The number of hydrogen-bond acceptors (Lipinski definition) is 7. The lowest BCUT2D eigenvalue weighted by molar-refractivity contribution is -0.193. The number of pyridine rings is 1. The van der Waals surface area contributed by atoms with Crippen LogP contribution in [0.15, 0.2) is 37.1 Å². The van der Waals surface area contributed by atoms with Crippen molar-refractivity contribution in [1.82, 2.24) is 24.3 Å². The van der Waals surface area contributed by atoms with Gasteiger partial charge >= 0.3 is 24.3 Å². The van der Waals surface area contributed by atoms with Crippen molar-refractivity contribution in [2.75, 3.05) is 33.9 Å². The molecule has 218 valence electrons. The van der Waals surface area contributed by atoms with Crippen molar-refractivity contribution in [3.63, 3.8) is 0 Å². The first-order valence-corrected chi connectivity index (χ1v) is 11.0. The van der Waals surface area contributed by atoms with Crippen LogP contribution >= 0.6 is 0 Å². The van der Waals surface area contributed by atoms with Crippen molar-refractivity contribution in [3.05, 3.63) is 48.3 Å². The van der Waals surface area contributed by atoms with Crippen molar-refractivity contribution in [2.24, 2.45) is 5.92 Å². The Labute approximate surface area is 218 Å². The minimum absolute atomic E-state index is 0.0100. The van der Waals surface area contributed by atoms with Crippen LogP contribution in [-0.2, 0) is 38.8 Å². The Morgan fingerprint density at radius 3 is 2.10 bits per heavy atom. The maximum absolute atomic E-state index is 11.7. The maximum Gasteiger partial charge on any atom is 0.490 e. The van der Waals surface area contributed by atoms with Gasteiger partial charge in [0, 0.05) is 64.8 Å². The molecule has 1 unspecified atom stereocenters. The number of amides is 1. The number of hydrogen-bond donors (Lipinski definition) is 2. The van der Waals surface area contributed by atoms with Gasteiger partial charge in [-0.2, -0.15) is 26.3 Å². The van der Waals surface area contributed by atoms with Gasteiger partial charge < -0.3 is 24.4 Å². The van der Waals surface area contributed by atoms with Crippen molar-refractivity contribution in [1.29, 1.82) is 0 Å². The Hall–Kier alpha value is -3.73. The summed E-state index contributed by atoms with van der Waals surface area (Å²) < 4.78 is 71.3. The molecule has 2 aromatic rings. The average Bonchev–Trinajstić information content (AvgIpc) is 3.18. The van der Waals surface area contributed by atoms with E-state index >= 15 is 0 Å². The standard InChI is InChI=1S/C18H25N5O2.2C2HF3O2/c1-21(2)18(24)13-25-12-16-9-22(8-15-4-3-5-19-6-15)11-17-7-20-14-23(17)10-16;2*3-2(4,5)1(6)7/h3-7,14,16H,8-13H2,1-2H3;2*(H,6,7). The Balaban J connectivity index is 0.000000449. The van der Waals surface area contributed by atoms with Gasteiger partial charge in [-0.1, -0.05) is 6.07 Å². The summed E-state index contributed by atoms with van der Waals surface area (Å²) in [6.07, 6.45) is -2.67. The molecule has 0 spiro atoms. The van der Waals surface area contributed by atoms with Crippen LogP contribution in [-0.4, -0.2) is 98.6 Å². The summed E-state index contributed by atoms with van der Waals surface area (Å²) in [7, 11) is 3.48. The zero-order valence-corrected chi connectivity index (χ0v) is 20.8. The van der Waals surface area contributed by atoms with E-state index in [0.717, 1.165) is 26.2 Å². The van der Waals surface area contributed by atoms with E-state index in [1.54, 1.807) is 25.2 Å². The summed E-state index contributed by atoms with van der Waals surface area (Å²) in [5, 5.41) is 14.2. The van der Waals surface area contributed by atoms with Gasteiger partial charge in [0.05, 0.1) is 18.6 Å². The number of likely N-dealkylation sites (N-methyl/N-ethyl adjacent to an activating group) is 1. The lowest BCUT2D eigenvalue weighted by Crippen LogP contribution is -2.32. The van der Waals surface area contributed by atoms with Crippen LogP contribution in [0.25, 0.3) is 0 Å². The lowest BCUT2D eigenvalue weighted by atomic mass is 10.1. The van der Waals surface area contributed by atoms with Gasteiger partial charge in [0.1, 0.15) is 6.61 Å². The van der Waals surface area contributed by atoms with E-state index in [2.05, 4.69) is 25.5 Å². The SMILES string of the molecule is CN(C)C(=O)COCC1CN(Cc2cccnc2)Cc2cncn2C1.O=C(O)C(F)(F)F.O=C(O)C(F)(F)F. The van der Waals surface area contributed by atoms with Crippen LogP contribution in [0, 0.1) is 5.92 Å². The molecule has 17 heteroatoms. The smallest absolute Gasteiger partial charge is 0.475 e. The van der Waals surface area contributed by atoms with Gasteiger partial charge in [0.2, 0.25) is 5.91 Å². The van der Waals surface area contributed by atoms with E-state index < -0.39 is 24.3 Å². The fourth-order valence-corrected chi connectivity index (χ4v) is 3.06. The van der Waals surface area contributed by atoms with Crippen LogP contribution in [0.1, 0.15) is 11.3 Å². The van der Waals surface area contributed by atoms with E-state index in [9.17, 15) is 31.1 Å². The van der Waals surface area contributed by atoms with Crippen LogP contribution < -0.4 is 0 Å². The molecule has 0 aromatic carbocycles. The summed E-state index contributed by atoms with van der Waals surface area (Å²) in [6.45, 7) is 4.14. The number of nitrogens with zero attached hydrogens (tertiary/aromatic N) is 5. The average molecular weight is 571 g/mol. The Kier molecular flexibility index (Phi) is 12.8. The fourth-order valence-electron chi connectivity index (χ4n) is 3.06. The molecular weight excluding hydrogens is 544 g/mol. The second-order valence-corrected chi connectivity index (χ2v) is 8.34. The molecule has 1 aliphatic heterocycles. The predicted octanol–water partition coefficient (Wildman–Crippen LogP) is 2.28. The molecule has 0 aliphatic carbocycles. The highest BCUT2D eigenvalue weighted by molar-refractivity contribution is 5.76. The first kappa shape index (κ1) is 33.3. The molecule has 1 atom stereocenters. The minimum Gasteiger partial charge on any atom is -0.475 e. The highest BCUT2D eigenvalue weighted by atomic mass is 19.4. The topological polar surface area (TPSA) is 138 Å². The first-order valence-electron chi connectivity index (χ1n) is 11.0. The molecule has 2 aromatic heterocycles. The molecule has 1 amide bonds. The molecule has 3 rings (SSSR count). The summed E-state index contributed by atoms with van der Waals surface area (Å²) in [6, 6.07) is 4.06.